The van der Waals surface area contributed by atoms with Gasteiger partial charge in [0.25, 0.3) is 0 Å². The topological polar surface area (TPSA) is 93.5 Å². The summed E-state index contributed by atoms with van der Waals surface area (Å²) in [7, 11) is 1.39. The number of nitro groups is 1. The molecule has 0 saturated carbocycles. The molecule has 7 heteroatoms. The Hall–Kier alpha value is -2.15. The van der Waals surface area contributed by atoms with Crippen molar-refractivity contribution in [1.82, 2.24) is 10.6 Å². The second kappa shape index (κ2) is 7.58. The van der Waals surface area contributed by atoms with Crippen molar-refractivity contribution in [3.63, 3.8) is 0 Å². The maximum Gasteiger partial charge on any atom is 0.311 e. The first-order valence-electron chi connectivity index (χ1n) is 6.70. The highest BCUT2D eigenvalue weighted by Gasteiger charge is 2.17. The minimum absolute atomic E-state index is 0.0730. The average Bonchev–Trinajstić information content (AvgIpc) is 2.43. The summed E-state index contributed by atoms with van der Waals surface area (Å²) in [5.41, 5.74) is 0.628. The van der Waals surface area contributed by atoms with Gasteiger partial charge in [0, 0.05) is 18.7 Å². The van der Waals surface area contributed by atoms with Crippen molar-refractivity contribution in [2.75, 3.05) is 7.11 Å². The summed E-state index contributed by atoms with van der Waals surface area (Å²) in [5.74, 6) is 0.113. The van der Waals surface area contributed by atoms with Crippen molar-refractivity contribution in [2.24, 2.45) is 0 Å². The van der Waals surface area contributed by atoms with Crippen LogP contribution < -0.4 is 15.4 Å². The summed E-state index contributed by atoms with van der Waals surface area (Å²) in [4.78, 5) is 22.2. The van der Waals surface area contributed by atoms with E-state index in [4.69, 9.17) is 4.74 Å². The summed E-state index contributed by atoms with van der Waals surface area (Å²) in [5, 5.41) is 16.8. The zero-order valence-electron chi connectivity index (χ0n) is 12.7. The SMILES string of the molecule is COc1ccc(CNC(C)C(=O)NC(C)C)cc1[N+](=O)[O-]. The molecule has 1 atom stereocenters. The zero-order chi connectivity index (χ0) is 16.0. The van der Waals surface area contributed by atoms with E-state index in [0.717, 1.165) is 0 Å². The Balaban J connectivity index is 2.69. The molecular weight excluding hydrogens is 274 g/mol. The van der Waals surface area contributed by atoms with Crippen molar-refractivity contribution in [3.05, 3.63) is 33.9 Å². The lowest BCUT2D eigenvalue weighted by molar-refractivity contribution is -0.385. The molecule has 1 rings (SSSR count). The van der Waals surface area contributed by atoms with Crippen LogP contribution in [0.15, 0.2) is 18.2 Å². The first kappa shape index (κ1) is 16.9. The molecule has 0 heterocycles. The van der Waals surface area contributed by atoms with Crippen LogP contribution in [0.3, 0.4) is 0 Å². The first-order chi connectivity index (χ1) is 9.85. The van der Waals surface area contributed by atoms with E-state index in [0.29, 0.717) is 12.1 Å². The predicted molar refractivity (Wildman–Crippen MR) is 79.2 cm³/mol. The third kappa shape index (κ3) is 5.03. The van der Waals surface area contributed by atoms with E-state index in [2.05, 4.69) is 10.6 Å². The maximum atomic E-state index is 11.7. The molecule has 0 aliphatic carbocycles. The molecule has 1 unspecified atom stereocenters. The average molecular weight is 295 g/mol. The number of carbonyl (C=O) groups excluding carboxylic acids is 1. The fraction of sp³-hybridized carbons (Fsp3) is 0.500. The van der Waals surface area contributed by atoms with E-state index in [1.165, 1.54) is 13.2 Å². The number of ether oxygens (including phenoxy) is 1. The first-order valence-corrected chi connectivity index (χ1v) is 6.70. The molecule has 0 spiro atoms. The van der Waals surface area contributed by atoms with Crippen molar-refractivity contribution >= 4 is 11.6 Å². The van der Waals surface area contributed by atoms with Crippen molar-refractivity contribution in [2.45, 2.75) is 39.4 Å². The number of hydrogen-bond acceptors (Lipinski definition) is 5. The summed E-state index contributed by atoms with van der Waals surface area (Å²) in [6.07, 6.45) is 0. The molecule has 1 aromatic carbocycles. The Bertz CT molecular complexity index is 517. The smallest absolute Gasteiger partial charge is 0.311 e. The molecule has 0 aromatic heterocycles. The number of amides is 1. The van der Waals surface area contributed by atoms with Gasteiger partial charge in [-0.05, 0) is 32.4 Å². The second-order valence-electron chi connectivity index (χ2n) is 5.03. The summed E-state index contributed by atoms with van der Waals surface area (Å²) < 4.78 is 4.94. The van der Waals surface area contributed by atoms with Gasteiger partial charge in [-0.2, -0.15) is 0 Å². The number of carbonyl (C=O) groups is 1. The molecule has 116 valence electrons. The molecule has 1 aromatic rings. The van der Waals surface area contributed by atoms with E-state index in [9.17, 15) is 14.9 Å². The lowest BCUT2D eigenvalue weighted by Gasteiger charge is -2.16. The van der Waals surface area contributed by atoms with Gasteiger partial charge in [0.2, 0.25) is 5.91 Å². The van der Waals surface area contributed by atoms with Crippen LogP contribution in [0.4, 0.5) is 5.69 Å². The lowest BCUT2D eigenvalue weighted by atomic mass is 10.1. The molecule has 0 aliphatic heterocycles. The van der Waals surface area contributed by atoms with Gasteiger partial charge in [0.05, 0.1) is 18.1 Å². The quantitative estimate of drug-likeness (QED) is 0.588. The summed E-state index contributed by atoms with van der Waals surface area (Å²) in [6.45, 7) is 5.88. The van der Waals surface area contributed by atoms with Gasteiger partial charge >= 0.3 is 5.69 Å². The molecule has 2 N–H and O–H groups in total. The van der Waals surface area contributed by atoms with Crippen LogP contribution in [-0.2, 0) is 11.3 Å². The van der Waals surface area contributed by atoms with Crippen LogP contribution in [0.2, 0.25) is 0 Å². The van der Waals surface area contributed by atoms with Gasteiger partial charge in [-0.15, -0.1) is 0 Å². The summed E-state index contributed by atoms with van der Waals surface area (Å²) in [6, 6.07) is 4.41. The second-order valence-corrected chi connectivity index (χ2v) is 5.03. The molecule has 0 saturated heterocycles. The Morgan fingerprint density at radius 1 is 1.38 bits per heavy atom. The molecule has 0 radical (unpaired) electrons. The number of benzene rings is 1. The van der Waals surface area contributed by atoms with Crippen LogP contribution in [0.25, 0.3) is 0 Å². The molecule has 0 fully saturated rings. The van der Waals surface area contributed by atoms with Crippen molar-refractivity contribution in [1.29, 1.82) is 0 Å². The molecule has 21 heavy (non-hydrogen) atoms. The van der Waals surface area contributed by atoms with Crippen LogP contribution in [-0.4, -0.2) is 30.0 Å². The Morgan fingerprint density at radius 2 is 2.05 bits per heavy atom. The number of hydrogen-bond donors (Lipinski definition) is 2. The summed E-state index contributed by atoms with van der Waals surface area (Å²) >= 11 is 0. The largest absolute Gasteiger partial charge is 0.490 e. The van der Waals surface area contributed by atoms with Crippen molar-refractivity contribution in [3.8, 4) is 5.75 Å². The lowest BCUT2D eigenvalue weighted by Crippen LogP contribution is -2.44. The Labute approximate surface area is 123 Å². The Kier molecular flexibility index (Phi) is 6.10. The molecular formula is C14H21N3O4. The highest BCUT2D eigenvalue weighted by Crippen LogP contribution is 2.27. The molecule has 0 bridgehead atoms. The number of nitro benzene ring substituents is 1. The molecule has 1 amide bonds. The van der Waals surface area contributed by atoms with Gasteiger partial charge in [0.1, 0.15) is 0 Å². The highest BCUT2D eigenvalue weighted by atomic mass is 16.6. The molecule has 0 aliphatic rings. The van der Waals surface area contributed by atoms with E-state index < -0.39 is 4.92 Å². The minimum Gasteiger partial charge on any atom is -0.490 e. The maximum absolute atomic E-state index is 11.7. The minimum atomic E-state index is -0.489. The zero-order valence-corrected chi connectivity index (χ0v) is 12.7. The Morgan fingerprint density at radius 3 is 2.57 bits per heavy atom. The normalized spacial score (nSPS) is 12.0. The third-order valence-electron chi connectivity index (χ3n) is 2.88. The highest BCUT2D eigenvalue weighted by molar-refractivity contribution is 5.81. The van der Waals surface area contributed by atoms with Crippen molar-refractivity contribution < 1.29 is 14.5 Å². The van der Waals surface area contributed by atoms with Gasteiger partial charge in [-0.3, -0.25) is 14.9 Å². The fourth-order valence-corrected chi connectivity index (χ4v) is 1.76. The standard InChI is InChI=1S/C14H21N3O4/c1-9(2)16-14(18)10(3)15-8-11-5-6-13(21-4)12(7-11)17(19)20/h5-7,9-10,15H,8H2,1-4H3,(H,16,18). The predicted octanol–water partition coefficient (Wildman–Crippen LogP) is 1.61. The van der Waals surface area contributed by atoms with Crippen LogP contribution in [0.1, 0.15) is 26.3 Å². The van der Waals surface area contributed by atoms with Gasteiger partial charge in [-0.1, -0.05) is 6.07 Å². The van der Waals surface area contributed by atoms with Gasteiger partial charge in [0.15, 0.2) is 5.75 Å². The van der Waals surface area contributed by atoms with Crippen LogP contribution in [0, 0.1) is 10.1 Å². The van der Waals surface area contributed by atoms with E-state index in [1.807, 2.05) is 13.8 Å². The fourth-order valence-electron chi connectivity index (χ4n) is 1.76. The number of nitrogens with one attached hydrogen (secondary N) is 2. The van der Waals surface area contributed by atoms with Gasteiger partial charge in [-0.25, -0.2) is 0 Å². The third-order valence-corrected chi connectivity index (χ3v) is 2.88. The van der Waals surface area contributed by atoms with Crippen LogP contribution in [0.5, 0.6) is 5.75 Å². The molecule has 7 nitrogen and oxygen atoms in total. The van der Waals surface area contributed by atoms with E-state index in [-0.39, 0.29) is 29.4 Å². The van der Waals surface area contributed by atoms with E-state index in [1.54, 1.807) is 19.1 Å². The van der Waals surface area contributed by atoms with E-state index >= 15 is 0 Å². The monoisotopic (exact) mass is 295 g/mol. The number of rotatable bonds is 7. The van der Waals surface area contributed by atoms with Crippen LogP contribution >= 0.6 is 0 Å². The van der Waals surface area contributed by atoms with Gasteiger partial charge < -0.3 is 15.4 Å². The number of methoxy groups -OCH3 is 1. The number of nitrogens with zero attached hydrogens (tertiary/aromatic N) is 1.